The molecule has 1 aromatic rings. The standard InChI is InChI=1S/C14H23NO/c1-5-13(15)8-6-12-7-9-14(16-4)11(3)10(12)2/h7,9,13H,5-6,8,15H2,1-4H3. The molecule has 2 heteroatoms. The highest BCUT2D eigenvalue weighted by molar-refractivity contribution is 5.43. The molecule has 0 fully saturated rings. The van der Waals surface area contributed by atoms with Crippen LogP contribution >= 0.6 is 0 Å². The first-order chi connectivity index (χ1) is 7.60. The van der Waals surface area contributed by atoms with Gasteiger partial charge in [0.1, 0.15) is 5.75 Å². The van der Waals surface area contributed by atoms with Gasteiger partial charge in [0.05, 0.1) is 7.11 Å². The number of aryl methyl sites for hydroxylation is 1. The van der Waals surface area contributed by atoms with Crippen LogP contribution in [0.15, 0.2) is 12.1 Å². The highest BCUT2D eigenvalue weighted by atomic mass is 16.5. The van der Waals surface area contributed by atoms with Crippen molar-refractivity contribution in [3.05, 3.63) is 28.8 Å². The van der Waals surface area contributed by atoms with Gasteiger partial charge >= 0.3 is 0 Å². The average molecular weight is 221 g/mol. The molecule has 1 aromatic carbocycles. The van der Waals surface area contributed by atoms with Crippen molar-refractivity contribution in [2.24, 2.45) is 5.73 Å². The van der Waals surface area contributed by atoms with E-state index in [0.29, 0.717) is 6.04 Å². The minimum atomic E-state index is 0.321. The van der Waals surface area contributed by atoms with Crippen LogP contribution in [-0.2, 0) is 6.42 Å². The Hall–Kier alpha value is -1.02. The summed E-state index contributed by atoms with van der Waals surface area (Å²) in [5, 5.41) is 0. The predicted molar refractivity (Wildman–Crippen MR) is 69.1 cm³/mol. The molecule has 1 atom stereocenters. The molecule has 1 rings (SSSR count). The first-order valence-corrected chi connectivity index (χ1v) is 5.98. The number of hydrogen-bond acceptors (Lipinski definition) is 2. The molecule has 0 aliphatic carbocycles. The molecule has 0 amide bonds. The number of benzene rings is 1. The van der Waals surface area contributed by atoms with Crippen molar-refractivity contribution in [3.8, 4) is 5.75 Å². The van der Waals surface area contributed by atoms with E-state index in [4.69, 9.17) is 10.5 Å². The fourth-order valence-electron chi connectivity index (χ4n) is 1.89. The second-order valence-electron chi connectivity index (χ2n) is 4.38. The van der Waals surface area contributed by atoms with Gasteiger partial charge in [-0.2, -0.15) is 0 Å². The maximum Gasteiger partial charge on any atom is 0.122 e. The molecule has 16 heavy (non-hydrogen) atoms. The third-order valence-corrected chi connectivity index (χ3v) is 3.38. The molecule has 0 heterocycles. The zero-order valence-corrected chi connectivity index (χ0v) is 10.8. The second-order valence-corrected chi connectivity index (χ2v) is 4.38. The SMILES string of the molecule is CCC(N)CCc1ccc(OC)c(C)c1C. The van der Waals surface area contributed by atoms with Crippen LogP contribution in [0.4, 0.5) is 0 Å². The third kappa shape index (κ3) is 2.99. The topological polar surface area (TPSA) is 35.2 Å². The normalized spacial score (nSPS) is 12.6. The van der Waals surface area contributed by atoms with Crippen molar-refractivity contribution in [2.45, 2.75) is 46.1 Å². The number of nitrogens with two attached hydrogens (primary N) is 1. The van der Waals surface area contributed by atoms with Crippen LogP contribution in [0.3, 0.4) is 0 Å². The van der Waals surface area contributed by atoms with Crippen LogP contribution in [0.25, 0.3) is 0 Å². The van der Waals surface area contributed by atoms with Crippen LogP contribution in [0, 0.1) is 13.8 Å². The lowest BCUT2D eigenvalue weighted by Crippen LogP contribution is -2.19. The Labute approximate surface area is 98.8 Å². The Balaban J connectivity index is 2.78. The number of rotatable bonds is 5. The van der Waals surface area contributed by atoms with Crippen LogP contribution in [0.1, 0.15) is 36.5 Å². The van der Waals surface area contributed by atoms with Gasteiger partial charge in [0.25, 0.3) is 0 Å². The monoisotopic (exact) mass is 221 g/mol. The largest absolute Gasteiger partial charge is 0.496 e. The average Bonchev–Trinajstić information content (AvgIpc) is 2.30. The molecule has 0 spiro atoms. The summed E-state index contributed by atoms with van der Waals surface area (Å²) in [5.41, 5.74) is 9.91. The van der Waals surface area contributed by atoms with Crippen molar-refractivity contribution < 1.29 is 4.74 Å². The quantitative estimate of drug-likeness (QED) is 0.829. The minimum Gasteiger partial charge on any atom is -0.496 e. The van der Waals surface area contributed by atoms with E-state index in [1.54, 1.807) is 7.11 Å². The maximum absolute atomic E-state index is 5.94. The van der Waals surface area contributed by atoms with E-state index in [1.807, 2.05) is 0 Å². The van der Waals surface area contributed by atoms with Crippen LogP contribution < -0.4 is 10.5 Å². The lowest BCUT2D eigenvalue weighted by atomic mass is 9.96. The summed E-state index contributed by atoms with van der Waals surface area (Å²) in [6.07, 6.45) is 3.17. The Bertz CT molecular complexity index is 347. The van der Waals surface area contributed by atoms with Crippen molar-refractivity contribution in [2.75, 3.05) is 7.11 Å². The van der Waals surface area contributed by atoms with Gasteiger partial charge in [-0.25, -0.2) is 0 Å². The van der Waals surface area contributed by atoms with Gasteiger partial charge in [-0.1, -0.05) is 13.0 Å². The summed E-state index contributed by atoms with van der Waals surface area (Å²) in [4.78, 5) is 0. The van der Waals surface area contributed by atoms with Gasteiger partial charge < -0.3 is 10.5 Å². The Kier molecular flexibility index (Phi) is 4.81. The van der Waals surface area contributed by atoms with Crippen molar-refractivity contribution in [1.29, 1.82) is 0 Å². The Morgan fingerprint density at radius 1 is 1.25 bits per heavy atom. The highest BCUT2D eigenvalue weighted by Gasteiger charge is 2.07. The summed E-state index contributed by atoms with van der Waals surface area (Å²) in [6.45, 7) is 6.40. The van der Waals surface area contributed by atoms with Gasteiger partial charge in [-0.15, -0.1) is 0 Å². The molecular weight excluding hydrogens is 198 g/mol. The lowest BCUT2D eigenvalue weighted by molar-refractivity contribution is 0.411. The number of methoxy groups -OCH3 is 1. The van der Waals surface area contributed by atoms with Crippen molar-refractivity contribution in [1.82, 2.24) is 0 Å². The van der Waals surface area contributed by atoms with E-state index < -0.39 is 0 Å². The summed E-state index contributed by atoms with van der Waals surface area (Å²) < 4.78 is 5.30. The first kappa shape index (κ1) is 13.0. The van der Waals surface area contributed by atoms with Crippen LogP contribution in [0.2, 0.25) is 0 Å². The van der Waals surface area contributed by atoms with Gasteiger partial charge in [0.2, 0.25) is 0 Å². The third-order valence-electron chi connectivity index (χ3n) is 3.38. The molecule has 0 saturated carbocycles. The predicted octanol–water partition coefficient (Wildman–Crippen LogP) is 2.98. The Morgan fingerprint density at radius 3 is 2.50 bits per heavy atom. The second kappa shape index (κ2) is 5.90. The summed E-state index contributed by atoms with van der Waals surface area (Å²) in [7, 11) is 1.72. The van der Waals surface area contributed by atoms with Gasteiger partial charge in [0, 0.05) is 6.04 Å². The fourth-order valence-corrected chi connectivity index (χ4v) is 1.89. The molecular formula is C14H23NO. The molecule has 0 saturated heterocycles. The molecule has 0 radical (unpaired) electrons. The molecule has 0 aromatic heterocycles. The van der Waals surface area contributed by atoms with Gasteiger partial charge in [0.15, 0.2) is 0 Å². The lowest BCUT2D eigenvalue weighted by Gasteiger charge is -2.14. The van der Waals surface area contributed by atoms with E-state index in [9.17, 15) is 0 Å². The highest BCUT2D eigenvalue weighted by Crippen LogP contribution is 2.24. The van der Waals surface area contributed by atoms with E-state index in [-0.39, 0.29) is 0 Å². The van der Waals surface area contributed by atoms with E-state index in [0.717, 1.165) is 25.0 Å². The van der Waals surface area contributed by atoms with E-state index in [2.05, 4.69) is 32.9 Å². The molecule has 2 N–H and O–H groups in total. The summed E-state index contributed by atoms with van der Waals surface area (Å²) >= 11 is 0. The van der Waals surface area contributed by atoms with Crippen molar-refractivity contribution >= 4 is 0 Å². The van der Waals surface area contributed by atoms with E-state index in [1.165, 1.54) is 16.7 Å². The number of ether oxygens (including phenoxy) is 1. The molecule has 0 bridgehead atoms. The zero-order chi connectivity index (χ0) is 12.1. The minimum absolute atomic E-state index is 0.321. The molecule has 2 nitrogen and oxygen atoms in total. The van der Waals surface area contributed by atoms with Gasteiger partial charge in [-0.3, -0.25) is 0 Å². The molecule has 0 aliphatic rings. The summed E-state index contributed by atoms with van der Waals surface area (Å²) in [5.74, 6) is 0.973. The molecule has 1 unspecified atom stereocenters. The van der Waals surface area contributed by atoms with Crippen LogP contribution in [-0.4, -0.2) is 13.2 Å². The van der Waals surface area contributed by atoms with Crippen LogP contribution in [0.5, 0.6) is 5.75 Å². The fraction of sp³-hybridized carbons (Fsp3) is 0.571. The smallest absolute Gasteiger partial charge is 0.122 e. The van der Waals surface area contributed by atoms with Crippen molar-refractivity contribution in [3.63, 3.8) is 0 Å². The first-order valence-electron chi connectivity index (χ1n) is 5.98. The zero-order valence-electron chi connectivity index (χ0n) is 10.8. The summed E-state index contributed by atoms with van der Waals surface area (Å²) in [6, 6.07) is 4.53. The maximum atomic E-state index is 5.94. The Morgan fingerprint density at radius 2 is 1.94 bits per heavy atom. The van der Waals surface area contributed by atoms with Gasteiger partial charge in [-0.05, 0) is 55.9 Å². The molecule has 0 aliphatic heterocycles. The molecule has 90 valence electrons. The number of hydrogen-bond donors (Lipinski definition) is 1. The van der Waals surface area contributed by atoms with E-state index >= 15 is 0 Å².